The molecule has 0 spiro atoms. The van der Waals surface area contributed by atoms with Crippen LogP contribution in [0.4, 0.5) is 0 Å². The molecule has 4 nitrogen and oxygen atoms in total. The zero-order valence-electron chi connectivity index (χ0n) is 15.0. The van der Waals surface area contributed by atoms with E-state index in [1.54, 1.807) is 0 Å². The van der Waals surface area contributed by atoms with E-state index in [0.29, 0.717) is 17.4 Å². The van der Waals surface area contributed by atoms with Crippen molar-refractivity contribution in [2.45, 2.75) is 57.8 Å². The molecule has 1 saturated heterocycles. The van der Waals surface area contributed by atoms with Crippen LogP contribution in [0.5, 0.6) is 0 Å². The Hall–Kier alpha value is -0.910. The molecule has 1 aliphatic heterocycles. The summed E-state index contributed by atoms with van der Waals surface area (Å²) in [6.07, 6.45) is 2.03. The molecule has 2 rings (SSSR count). The van der Waals surface area contributed by atoms with Gasteiger partial charge in [-0.3, -0.25) is 0 Å². The average Bonchev–Trinajstić information content (AvgIpc) is 2.89. The molecule has 1 heterocycles. The maximum Gasteiger partial charge on any atom is 0.241 e. The number of sulfonamides is 1. The van der Waals surface area contributed by atoms with Crippen molar-refractivity contribution < 1.29 is 8.42 Å². The quantitative estimate of drug-likeness (QED) is 0.868. The van der Waals surface area contributed by atoms with E-state index in [4.69, 9.17) is 0 Å². The summed E-state index contributed by atoms with van der Waals surface area (Å²) in [5, 5.41) is 3.31. The normalized spacial score (nSPS) is 19.3. The molecule has 0 aliphatic carbocycles. The lowest BCUT2D eigenvalue weighted by molar-refractivity contribution is 0.519. The van der Waals surface area contributed by atoms with Crippen LogP contribution in [0.1, 0.15) is 50.3 Å². The predicted octanol–water partition coefficient (Wildman–Crippen LogP) is 2.88. The van der Waals surface area contributed by atoms with Gasteiger partial charge in [0, 0.05) is 6.54 Å². The number of hydrogen-bond acceptors (Lipinski definition) is 3. The van der Waals surface area contributed by atoms with E-state index in [9.17, 15) is 8.42 Å². The van der Waals surface area contributed by atoms with Crippen molar-refractivity contribution in [1.29, 1.82) is 0 Å². The van der Waals surface area contributed by atoms with Gasteiger partial charge in [-0.15, -0.1) is 0 Å². The van der Waals surface area contributed by atoms with Crippen LogP contribution in [0, 0.1) is 19.8 Å². The number of hydrogen-bond donors (Lipinski definition) is 2. The van der Waals surface area contributed by atoms with Crippen LogP contribution in [0.3, 0.4) is 0 Å². The van der Waals surface area contributed by atoms with E-state index in [0.717, 1.165) is 37.1 Å². The van der Waals surface area contributed by atoms with Crippen molar-refractivity contribution in [1.82, 2.24) is 10.0 Å². The summed E-state index contributed by atoms with van der Waals surface area (Å²) in [7, 11) is -3.45. The third-order valence-corrected chi connectivity index (χ3v) is 6.37. The van der Waals surface area contributed by atoms with Gasteiger partial charge in [-0.05, 0) is 67.8 Å². The van der Waals surface area contributed by atoms with E-state index in [1.165, 1.54) is 5.56 Å². The molecule has 1 atom stereocenters. The van der Waals surface area contributed by atoms with E-state index in [1.807, 2.05) is 26.0 Å². The first kappa shape index (κ1) is 18.4. The Morgan fingerprint density at radius 2 is 1.83 bits per heavy atom. The summed E-state index contributed by atoms with van der Waals surface area (Å²) in [5.74, 6) is 0.586. The van der Waals surface area contributed by atoms with Crippen molar-refractivity contribution in [2.75, 3.05) is 19.6 Å². The summed E-state index contributed by atoms with van der Waals surface area (Å²) in [5.41, 5.74) is 2.83. The largest absolute Gasteiger partial charge is 0.316 e. The highest BCUT2D eigenvalue weighted by molar-refractivity contribution is 7.89. The Balaban J connectivity index is 2.15. The molecular weight excluding hydrogens is 308 g/mol. The molecule has 5 heteroatoms. The number of nitrogens with one attached hydrogen (secondary N) is 2. The molecule has 2 N–H and O–H groups in total. The lowest BCUT2D eigenvalue weighted by Gasteiger charge is -2.22. The Kier molecular flexibility index (Phi) is 5.54. The minimum Gasteiger partial charge on any atom is -0.316 e. The van der Waals surface area contributed by atoms with Gasteiger partial charge >= 0.3 is 0 Å². The molecule has 1 unspecified atom stereocenters. The fraction of sp³-hybridized carbons (Fsp3) is 0.667. The zero-order chi connectivity index (χ0) is 17.3. The Labute approximate surface area is 141 Å². The van der Waals surface area contributed by atoms with Gasteiger partial charge in [0.05, 0.1) is 4.90 Å². The highest BCUT2D eigenvalue weighted by Crippen LogP contribution is 2.29. The third kappa shape index (κ3) is 4.55. The minimum absolute atomic E-state index is 0.0146. The minimum atomic E-state index is -3.45. The first-order valence-corrected chi connectivity index (χ1v) is 9.91. The molecule has 0 radical (unpaired) electrons. The second kappa shape index (κ2) is 6.91. The van der Waals surface area contributed by atoms with E-state index < -0.39 is 10.0 Å². The highest BCUT2D eigenvalue weighted by atomic mass is 32.2. The molecule has 0 saturated carbocycles. The number of benzene rings is 1. The zero-order valence-corrected chi connectivity index (χ0v) is 15.8. The van der Waals surface area contributed by atoms with Crippen LogP contribution in [0.2, 0.25) is 0 Å². The number of aryl methyl sites for hydroxylation is 2. The summed E-state index contributed by atoms with van der Waals surface area (Å²) in [6, 6.07) is 4.00. The summed E-state index contributed by atoms with van der Waals surface area (Å²) < 4.78 is 28.2. The molecule has 1 aliphatic rings. The molecule has 0 aromatic heterocycles. The monoisotopic (exact) mass is 338 g/mol. The summed E-state index contributed by atoms with van der Waals surface area (Å²) in [6.45, 7) is 12.8. The molecule has 0 amide bonds. The van der Waals surface area contributed by atoms with Crippen LogP contribution < -0.4 is 10.0 Å². The van der Waals surface area contributed by atoms with Gasteiger partial charge in [-0.1, -0.05) is 32.9 Å². The van der Waals surface area contributed by atoms with Gasteiger partial charge in [-0.25, -0.2) is 13.1 Å². The number of rotatable bonds is 5. The molecule has 130 valence electrons. The Bertz CT molecular complexity index is 631. The second-order valence-electron chi connectivity index (χ2n) is 7.73. The first-order chi connectivity index (χ1) is 10.6. The molecule has 1 fully saturated rings. The van der Waals surface area contributed by atoms with Gasteiger partial charge < -0.3 is 5.32 Å². The second-order valence-corrected chi connectivity index (χ2v) is 9.44. The first-order valence-electron chi connectivity index (χ1n) is 8.43. The van der Waals surface area contributed by atoms with Crippen LogP contribution >= 0.6 is 0 Å². The van der Waals surface area contributed by atoms with Gasteiger partial charge in [-0.2, -0.15) is 0 Å². The van der Waals surface area contributed by atoms with Gasteiger partial charge in [0.2, 0.25) is 10.0 Å². The van der Waals surface area contributed by atoms with Gasteiger partial charge in [0.1, 0.15) is 0 Å². The fourth-order valence-corrected chi connectivity index (χ4v) is 4.73. The van der Waals surface area contributed by atoms with Gasteiger partial charge in [0.25, 0.3) is 0 Å². The fourth-order valence-electron chi connectivity index (χ4n) is 3.24. The summed E-state index contributed by atoms with van der Waals surface area (Å²) in [4.78, 5) is 0.440. The van der Waals surface area contributed by atoms with Crippen molar-refractivity contribution in [3.8, 4) is 0 Å². The highest BCUT2D eigenvalue weighted by Gasteiger charge is 2.23. The van der Waals surface area contributed by atoms with E-state index >= 15 is 0 Å². The van der Waals surface area contributed by atoms with Crippen molar-refractivity contribution in [3.63, 3.8) is 0 Å². The Morgan fingerprint density at radius 1 is 1.22 bits per heavy atom. The van der Waals surface area contributed by atoms with E-state index in [-0.39, 0.29) is 5.41 Å². The molecule has 23 heavy (non-hydrogen) atoms. The smallest absolute Gasteiger partial charge is 0.241 e. The van der Waals surface area contributed by atoms with Crippen LogP contribution in [0.15, 0.2) is 17.0 Å². The predicted molar refractivity (Wildman–Crippen MR) is 95.4 cm³/mol. The van der Waals surface area contributed by atoms with Crippen LogP contribution in [0.25, 0.3) is 0 Å². The summed E-state index contributed by atoms with van der Waals surface area (Å²) >= 11 is 0. The van der Waals surface area contributed by atoms with Crippen LogP contribution in [-0.2, 0) is 15.4 Å². The lowest BCUT2D eigenvalue weighted by Crippen LogP contribution is -2.28. The average molecular weight is 339 g/mol. The standard InChI is InChI=1S/C18H30N2O2S/c1-13-10-16(18(3,4)5)11-14(2)17(13)23(21,22)20-9-7-15-6-8-19-12-15/h10-11,15,19-20H,6-9,12H2,1-5H3. The molecule has 0 bridgehead atoms. The maximum absolute atomic E-state index is 12.7. The lowest BCUT2D eigenvalue weighted by atomic mass is 9.85. The van der Waals surface area contributed by atoms with Crippen molar-refractivity contribution in [2.24, 2.45) is 5.92 Å². The Morgan fingerprint density at radius 3 is 2.30 bits per heavy atom. The van der Waals surface area contributed by atoms with Crippen LogP contribution in [-0.4, -0.2) is 28.1 Å². The SMILES string of the molecule is Cc1cc(C(C)(C)C)cc(C)c1S(=O)(=O)NCCC1CCNC1. The topological polar surface area (TPSA) is 58.2 Å². The van der Waals surface area contributed by atoms with E-state index in [2.05, 4.69) is 30.8 Å². The molecule has 1 aromatic rings. The maximum atomic E-state index is 12.7. The molecule has 1 aromatic carbocycles. The van der Waals surface area contributed by atoms with Crippen molar-refractivity contribution >= 4 is 10.0 Å². The molecular formula is C18H30N2O2S. The third-order valence-electron chi connectivity index (χ3n) is 4.60. The van der Waals surface area contributed by atoms with Gasteiger partial charge in [0.15, 0.2) is 0 Å². The van der Waals surface area contributed by atoms with Crippen molar-refractivity contribution in [3.05, 3.63) is 28.8 Å².